The van der Waals surface area contributed by atoms with Gasteiger partial charge in [-0.1, -0.05) is 58.5 Å². The van der Waals surface area contributed by atoms with E-state index in [1.807, 2.05) is 20.8 Å². The summed E-state index contributed by atoms with van der Waals surface area (Å²) in [5, 5.41) is 4.88. The van der Waals surface area contributed by atoms with Crippen LogP contribution in [-0.2, 0) is 21.9 Å². The lowest BCUT2D eigenvalue weighted by atomic mass is 10.1. The van der Waals surface area contributed by atoms with Crippen molar-refractivity contribution in [2.75, 3.05) is 5.75 Å². The van der Waals surface area contributed by atoms with Gasteiger partial charge in [0.25, 0.3) is 0 Å². The van der Waals surface area contributed by atoms with Crippen LogP contribution in [-0.4, -0.2) is 34.0 Å². The quantitative estimate of drug-likeness (QED) is 0.401. The normalized spacial score (nSPS) is 12.4. The first-order valence-electron chi connectivity index (χ1n) is 9.95. The lowest BCUT2D eigenvalue weighted by Crippen LogP contribution is -2.52. The maximum atomic E-state index is 13.2. The second-order valence-corrected chi connectivity index (χ2v) is 11.0. The Bertz CT molecular complexity index is 959. The zero-order chi connectivity index (χ0) is 24.1. The van der Waals surface area contributed by atoms with E-state index >= 15 is 0 Å². The standard InChI is InChI=1S/C23H26Cl4N2O2S/c1-14(22(31)28-23(2,3)4)29(11-15-8-9-19(26)20(27)10-15)21(30)13-32-12-16-17(24)6-5-7-18(16)25/h5-10,14H,11-13H2,1-4H3,(H,28,31)/t14-/m1/s1. The Morgan fingerprint density at radius 2 is 1.62 bits per heavy atom. The summed E-state index contributed by atoms with van der Waals surface area (Å²) in [7, 11) is 0. The van der Waals surface area contributed by atoms with Crippen LogP contribution in [0.1, 0.15) is 38.8 Å². The molecule has 9 heteroatoms. The SMILES string of the molecule is C[C@H](C(=O)NC(C)(C)C)N(Cc1ccc(Cl)c(Cl)c1)C(=O)CSCc1c(Cl)cccc1Cl. The van der Waals surface area contributed by atoms with Gasteiger partial charge in [-0.25, -0.2) is 0 Å². The van der Waals surface area contributed by atoms with Crippen molar-refractivity contribution in [2.24, 2.45) is 0 Å². The molecule has 2 aromatic rings. The van der Waals surface area contributed by atoms with E-state index in [0.29, 0.717) is 25.8 Å². The Kier molecular flexibility index (Phi) is 10.0. The molecule has 0 unspecified atom stereocenters. The summed E-state index contributed by atoms with van der Waals surface area (Å²) >= 11 is 26.0. The minimum absolute atomic E-state index is 0.163. The summed E-state index contributed by atoms with van der Waals surface area (Å²) in [6.07, 6.45) is 0. The van der Waals surface area contributed by atoms with Crippen LogP contribution in [0.15, 0.2) is 36.4 Å². The number of carbonyl (C=O) groups is 2. The second-order valence-electron chi connectivity index (χ2n) is 8.38. The highest BCUT2D eigenvalue weighted by atomic mass is 35.5. The molecular weight excluding hydrogens is 510 g/mol. The molecule has 0 heterocycles. The van der Waals surface area contributed by atoms with Crippen molar-refractivity contribution in [3.63, 3.8) is 0 Å². The van der Waals surface area contributed by atoms with E-state index in [1.165, 1.54) is 11.8 Å². The summed E-state index contributed by atoms with van der Waals surface area (Å²) in [6.45, 7) is 7.62. The largest absolute Gasteiger partial charge is 0.350 e. The fraction of sp³-hybridized carbons (Fsp3) is 0.391. The third-order valence-corrected chi connectivity index (χ3v) is 6.93. The number of nitrogens with one attached hydrogen (secondary N) is 1. The van der Waals surface area contributed by atoms with Crippen LogP contribution in [0, 0.1) is 0 Å². The lowest BCUT2D eigenvalue weighted by Gasteiger charge is -2.31. The molecule has 0 aliphatic rings. The van der Waals surface area contributed by atoms with Crippen LogP contribution in [0.3, 0.4) is 0 Å². The number of benzene rings is 2. The van der Waals surface area contributed by atoms with Crippen LogP contribution >= 0.6 is 58.2 Å². The maximum Gasteiger partial charge on any atom is 0.242 e. The van der Waals surface area contributed by atoms with Crippen LogP contribution in [0.5, 0.6) is 0 Å². The number of hydrogen-bond acceptors (Lipinski definition) is 3. The molecule has 2 amide bonds. The van der Waals surface area contributed by atoms with Crippen LogP contribution in [0.2, 0.25) is 20.1 Å². The van der Waals surface area contributed by atoms with E-state index in [-0.39, 0.29) is 24.1 Å². The Morgan fingerprint density at radius 3 is 2.19 bits per heavy atom. The average molecular weight is 536 g/mol. The highest BCUT2D eigenvalue weighted by Crippen LogP contribution is 2.29. The maximum absolute atomic E-state index is 13.2. The van der Waals surface area contributed by atoms with Crippen molar-refractivity contribution in [3.05, 3.63) is 67.6 Å². The fourth-order valence-corrected chi connectivity index (χ4v) is 4.85. The third kappa shape index (κ3) is 8.03. The summed E-state index contributed by atoms with van der Waals surface area (Å²) in [4.78, 5) is 27.5. The number of halogens is 4. The van der Waals surface area contributed by atoms with E-state index in [0.717, 1.165) is 11.1 Å². The van der Waals surface area contributed by atoms with E-state index in [4.69, 9.17) is 46.4 Å². The topological polar surface area (TPSA) is 49.4 Å². The Balaban J connectivity index is 2.17. The van der Waals surface area contributed by atoms with E-state index in [9.17, 15) is 9.59 Å². The molecule has 2 rings (SSSR count). The predicted molar refractivity (Wildman–Crippen MR) is 137 cm³/mol. The first-order chi connectivity index (χ1) is 14.9. The van der Waals surface area contributed by atoms with Crippen LogP contribution in [0.25, 0.3) is 0 Å². The second kappa shape index (κ2) is 11.8. The van der Waals surface area contributed by atoms with Gasteiger partial charge in [0.05, 0.1) is 15.8 Å². The van der Waals surface area contributed by atoms with Gasteiger partial charge in [0.15, 0.2) is 0 Å². The van der Waals surface area contributed by atoms with Gasteiger partial charge in [-0.05, 0) is 63.1 Å². The monoisotopic (exact) mass is 534 g/mol. The molecule has 0 aliphatic heterocycles. The van der Waals surface area contributed by atoms with E-state index in [1.54, 1.807) is 48.2 Å². The van der Waals surface area contributed by atoms with Gasteiger partial charge < -0.3 is 10.2 Å². The molecule has 0 fully saturated rings. The number of rotatable bonds is 8. The van der Waals surface area contributed by atoms with E-state index < -0.39 is 11.6 Å². The van der Waals surface area contributed by atoms with Crippen molar-refractivity contribution in [3.8, 4) is 0 Å². The minimum atomic E-state index is -0.680. The zero-order valence-corrected chi connectivity index (χ0v) is 22.2. The summed E-state index contributed by atoms with van der Waals surface area (Å²) in [5.41, 5.74) is 1.14. The van der Waals surface area contributed by atoms with Crippen LogP contribution in [0.4, 0.5) is 0 Å². The summed E-state index contributed by atoms with van der Waals surface area (Å²) < 4.78 is 0. The van der Waals surface area contributed by atoms with Crippen molar-refractivity contribution >= 4 is 70.0 Å². The molecule has 0 radical (unpaired) electrons. The molecule has 1 N–H and O–H groups in total. The molecule has 2 aromatic carbocycles. The Labute approximate surface area is 213 Å². The third-order valence-electron chi connectivity index (χ3n) is 4.54. The Morgan fingerprint density at radius 1 is 1.00 bits per heavy atom. The van der Waals surface area contributed by atoms with Gasteiger partial charge in [0.1, 0.15) is 6.04 Å². The van der Waals surface area contributed by atoms with Gasteiger partial charge in [-0.2, -0.15) is 0 Å². The zero-order valence-electron chi connectivity index (χ0n) is 18.3. The fourth-order valence-electron chi connectivity index (χ4n) is 2.88. The van der Waals surface area contributed by atoms with Crippen molar-refractivity contribution in [1.29, 1.82) is 0 Å². The summed E-state index contributed by atoms with van der Waals surface area (Å²) in [6, 6.07) is 9.80. The molecule has 0 aliphatic carbocycles. The molecule has 0 saturated heterocycles. The number of amides is 2. The number of hydrogen-bond donors (Lipinski definition) is 1. The van der Waals surface area contributed by atoms with E-state index in [2.05, 4.69) is 5.32 Å². The van der Waals surface area contributed by atoms with Gasteiger partial charge in [-0.15, -0.1) is 11.8 Å². The highest BCUT2D eigenvalue weighted by molar-refractivity contribution is 7.99. The Hall–Kier alpha value is -1.11. The average Bonchev–Trinajstić information content (AvgIpc) is 2.69. The molecule has 32 heavy (non-hydrogen) atoms. The molecule has 1 atom stereocenters. The number of carbonyl (C=O) groups excluding carboxylic acids is 2. The molecule has 4 nitrogen and oxygen atoms in total. The van der Waals surface area contributed by atoms with Gasteiger partial charge in [-0.3, -0.25) is 9.59 Å². The number of nitrogens with zero attached hydrogens (tertiary/aromatic N) is 1. The van der Waals surface area contributed by atoms with Gasteiger partial charge >= 0.3 is 0 Å². The van der Waals surface area contributed by atoms with Crippen molar-refractivity contribution < 1.29 is 9.59 Å². The number of thioether (sulfide) groups is 1. The predicted octanol–water partition coefficient (Wildman–Crippen LogP) is 6.87. The van der Waals surface area contributed by atoms with Gasteiger partial charge in [0.2, 0.25) is 11.8 Å². The molecule has 0 spiro atoms. The first kappa shape index (κ1) is 27.1. The van der Waals surface area contributed by atoms with Crippen molar-refractivity contribution in [1.82, 2.24) is 10.2 Å². The minimum Gasteiger partial charge on any atom is -0.350 e. The highest BCUT2D eigenvalue weighted by Gasteiger charge is 2.28. The lowest BCUT2D eigenvalue weighted by molar-refractivity contribution is -0.139. The van der Waals surface area contributed by atoms with Crippen molar-refractivity contribution in [2.45, 2.75) is 51.6 Å². The van der Waals surface area contributed by atoms with Crippen LogP contribution < -0.4 is 5.32 Å². The molecule has 174 valence electrons. The molecule has 0 saturated carbocycles. The van der Waals surface area contributed by atoms with Gasteiger partial charge in [0, 0.05) is 27.9 Å². The molecular formula is C23H26Cl4N2O2S. The summed E-state index contributed by atoms with van der Waals surface area (Å²) in [5.74, 6) is 0.231. The molecule has 0 aromatic heterocycles. The first-order valence-corrected chi connectivity index (χ1v) is 12.6. The molecule has 0 bridgehead atoms. The smallest absolute Gasteiger partial charge is 0.242 e.